The molecule has 1 aromatic rings. The number of benzene rings is 1. The number of piperidine rings is 1. The molecule has 1 heterocycles. The minimum Gasteiger partial charge on any atom is -0.325 e. The lowest BCUT2D eigenvalue weighted by molar-refractivity contribution is -0.117. The first-order chi connectivity index (χ1) is 8.65. The molecule has 0 radical (unpaired) electrons. The smallest absolute Gasteiger partial charge is 0.224 e. The van der Waals surface area contributed by atoms with Crippen LogP contribution >= 0.6 is 24.0 Å². The highest BCUT2D eigenvalue weighted by Crippen LogP contribution is 2.24. The first-order valence-corrected chi connectivity index (χ1v) is 6.79. The number of nitrogens with one attached hydrogen (secondary N) is 2. The molecule has 2 rings (SSSR count). The van der Waals surface area contributed by atoms with E-state index >= 15 is 0 Å². The second-order valence-electron chi connectivity index (χ2n) is 4.93. The largest absolute Gasteiger partial charge is 0.325 e. The van der Waals surface area contributed by atoms with Gasteiger partial charge in [-0.3, -0.25) is 4.79 Å². The molecule has 19 heavy (non-hydrogen) atoms. The first-order valence-electron chi connectivity index (χ1n) is 6.42. The number of hydrogen-bond donors (Lipinski definition) is 2. The summed E-state index contributed by atoms with van der Waals surface area (Å²) in [5.74, 6) is 0.558. The number of carbonyl (C=O) groups excluding carboxylic acids is 1. The molecule has 0 saturated carbocycles. The van der Waals surface area contributed by atoms with Crippen molar-refractivity contribution >= 4 is 35.6 Å². The van der Waals surface area contributed by atoms with E-state index < -0.39 is 0 Å². The van der Waals surface area contributed by atoms with E-state index in [0.29, 0.717) is 23.0 Å². The predicted octanol–water partition coefficient (Wildman–Crippen LogP) is 3.40. The van der Waals surface area contributed by atoms with Crippen molar-refractivity contribution in [3.63, 3.8) is 0 Å². The average molecular weight is 303 g/mol. The number of anilines is 1. The zero-order valence-electron chi connectivity index (χ0n) is 11.0. The van der Waals surface area contributed by atoms with E-state index in [1.807, 2.05) is 25.1 Å². The summed E-state index contributed by atoms with van der Waals surface area (Å²) in [7, 11) is 0. The highest BCUT2D eigenvalue weighted by atomic mass is 35.5. The summed E-state index contributed by atoms with van der Waals surface area (Å²) in [5, 5.41) is 6.80. The Morgan fingerprint density at radius 2 is 2.11 bits per heavy atom. The van der Waals surface area contributed by atoms with Crippen LogP contribution in [0.1, 0.15) is 24.8 Å². The third-order valence-corrected chi connectivity index (χ3v) is 3.64. The van der Waals surface area contributed by atoms with Crippen LogP contribution in [0.5, 0.6) is 0 Å². The lowest BCUT2D eigenvalue weighted by Gasteiger charge is -2.22. The molecule has 0 spiro atoms. The molecule has 0 unspecified atom stereocenters. The highest BCUT2D eigenvalue weighted by Gasteiger charge is 2.17. The molecule has 106 valence electrons. The Hall–Kier alpha value is -0.770. The summed E-state index contributed by atoms with van der Waals surface area (Å²) < 4.78 is 0. The Balaban J connectivity index is 0.00000180. The summed E-state index contributed by atoms with van der Waals surface area (Å²) in [6, 6.07) is 5.67. The number of hydrogen-bond acceptors (Lipinski definition) is 2. The maximum absolute atomic E-state index is 11.9. The van der Waals surface area contributed by atoms with Crippen molar-refractivity contribution in [1.82, 2.24) is 5.32 Å². The molecular weight excluding hydrogens is 283 g/mol. The number of aryl methyl sites for hydroxylation is 1. The number of halogens is 2. The van der Waals surface area contributed by atoms with Crippen LogP contribution in [-0.4, -0.2) is 19.0 Å². The van der Waals surface area contributed by atoms with Crippen molar-refractivity contribution in [1.29, 1.82) is 0 Å². The fraction of sp³-hybridized carbons (Fsp3) is 0.500. The van der Waals surface area contributed by atoms with Gasteiger partial charge >= 0.3 is 0 Å². The lowest BCUT2D eigenvalue weighted by atomic mass is 9.94. The van der Waals surface area contributed by atoms with E-state index in [9.17, 15) is 4.79 Å². The van der Waals surface area contributed by atoms with Gasteiger partial charge < -0.3 is 10.6 Å². The van der Waals surface area contributed by atoms with Crippen LogP contribution in [0.25, 0.3) is 0 Å². The van der Waals surface area contributed by atoms with Crippen LogP contribution in [0.15, 0.2) is 18.2 Å². The van der Waals surface area contributed by atoms with Crippen LogP contribution in [0.3, 0.4) is 0 Å². The van der Waals surface area contributed by atoms with Crippen molar-refractivity contribution < 1.29 is 4.79 Å². The van der Waals surface area contributed by atoms with Crippen molar-refractivity contribution in [2.24, 2.45) is 5.92 Å². The summed E-state index contributed by atoms with van der Waals surface area (Å²) in [4.78, 5) is 11.9. The van der Waals surface area contributed by atoms with Gasteiger partial charge in [0.1, 0.15) is 0 Å². The molecule has 1 amide bonds. The molecule has 3 nitrogen and oxygen atoms in total. The van der Waals surface area contributed by atoms with E-state index in [4.69, 9.17) is 11.6 Å². The monoisotopic (exact) mass is 302 g/mol. The number of carbonyl (C=O) groups is 1. The van der Waals surface area contributed by atoms with Gasteiger partial charge in [-0.15, -0.1) is 12.4 Å². The minimum atomic E-state index is 0. The van der Waals surface area contributed by atoms with Crippen LogP contribution < -0.4 is 10.6 Å². The standard InChI is InChI=1S/C14H19ClN2O.ClH/c1-10-2-3-13(12(15)8-10)17-14(18)9-11-4-6-16-7-5-11;/h2-3,8,11,16H,4-7,9H2,1H3,(H,17,18);1H. The van der Waals surface area contributed by atoms with Crippen molar-refractivity contribution in [3.8, 4) is 0 Å². The van der Waals surface area contributed by atoms with Gasteiger partial charge in [0.25, 0.3) is 0 Å². The van der Waals surface area contributed by atoms with E-state index in [0.717, 1.165) is 31.5 Å². The second kappa shape index (κ2) is 7.73. The molecule has 0 aliphatic carbocycles. The molecule has 0 bridgehead atoms. The second-order valence-corrected chi connectivity index (χ2v) is 5.34. The van der Waals surface area contributed by atoms with E-state index in [1.54, 1.807) is 0 Å². The fourth-order valence-corrected chi connectivity index (χ4v) is 2.55. The van der Waals surface area contributed by atoms with Crippen LogP contribution in [0.2, 0.25) is 5.02 Å². The van der Waals surface area contributed by atoms with Gasteiger partial charge in [-0.25, -0.2) is 0 Å². The molecule has 1 saturated heterocycles. The Kier molecular flexibility index (Phi) is 6.63. The van der Waals surface area contributed by atoms with E-state index in [1.165, 1.54) is 0 Å². The number of amides is 1. The van der Waals surface area contributed by atoms with Crippen LogP contribution in [-0.2, 0) is 4.79 Å². The predicted molar refractivity (Wildman–Crippen MR) is 82.3 cm³/mol. The Morgan fingerprint density at radius 1 is 1.42 bits per heavy atom. The van der Waals surface area contributed by atoms with Gasteiger partial charge in [0.05, 0.1) is 10.7 Å². The first kappa shape index (κ1) is 16.3. The topological polar surface area (TPSA) is 41.1 Å². The molecule has 0 atom stereocenters. The maximum Gasteiger partial charge on any atom is 0.224 e. The molecule has 1 fully saturated rings. The molecule has 1 aliphatic heterocycles. The van der Waals surface area contributed by atoms with E-state index in [2.05, 4.69) is 10.6 Å². The zero-order chi connectivity index (χ0) is 13.0. The van der Waals surface area contributed by atoms with E-state index in [-0.39, 0.29) is 18.3 Å². The van der Waals surface area contributed by atoms with Crippen molar-refractivity contribution in [3.05, 3.63) is 28.8 Å². The summed E-state index contributed by atoms with van der Waals surface area (Å²) in [5.41, 5.74) is 1.80. The van der Waals surface area contributed by atoms with Gasteiger partial charge in [-0.1, -0.05) is 17.7 Å². The summed E-state index contributed by atoms with van der Waals surface area (Å²) >= 11 is 6.09. The zero-order valence-corrected chi connectivity index (χ0v) is 12.6. The molecule has 1 aromatic carbocycles. The summed E-state index contributed by atoms with van der Waals surface area (Å²) in [6.45, 7) is 4.01. The third kappa shape index (κ3) is 5.01. The minimum absolute atomic E-state index is 0. The summed E-state index contributed by atoms with van der Waals surface area (Å²) in [6.07, 6.45) is 2.75. The SMILES string of the molecule is Cc1ccc(NC(=O)CC2CCNCC2)c(Cl)c1.Cl. The molecule has 5 heteroatoms. The number of rotatable bonds is 3. The van der Waals surface area contributed by atoms with Crippen LogP contribution in [0, 0.1) is 12.8 Å². The van der Waals surface area contributed by atoms with Gasteiger partial charge in [0.2, 0.25) is 5.91 Å². The van der Waals surface area contributed by atoms with Gasteiger partial charge in [0.15, 0.2) is 0 Å². The van der Waals surface area contributed by atoms with Gasteiger partial charge in [-0.05, 0) is 56.5 Å². The Morgan fingerprint density at radius 3 is 2.74 bits per heavy atom. The quantitative estimate of drug-likeness (QED) is 0.898. The molecule has 1 aliphatic rings. The van der Waals surface area contributed by atoms with Gasteiger partial charge in [-0.2, -0.15) is 0 Å². The van der Waals surface area contributed by atoms with Crippen molar-refractivity contribution in [2.45, 2.75) is 26.2 Å². The maximum atomic E-state index is 11.9. The lowest BCUT2D eigenvalue weighted by Crippen LogP contribution is -2.30. The molecular formula is C14H20Cl2N2O. The molecule has 2 N–H and O–H groups in total. The van der Waals surface area contributed by atoms with Gasteiger partial charge in [0, 0.05) is 6.42 Å². The average Bonchev–Trinajstić information content (AvgIpc) is 2.34. The Labute approximate surface area is 125 Å². The Bertz CT molecular complexity index is 431. The van der Waals surface area contributed by atoms with Crippen LogP contribution in [0.4, 0.5) is 5.69 Å². The normalized spacial score (nSPS) is 15.7. The van der Waals surface area contributed by atoms with Crippen molar-refractivity contribution in [2.75, 3.05) is 18.4 Å². The molecule has 0 aromatic heterocycles. The highest BCUT2D eigenvalue weighted by molar-refractivity contribution is 6.33. The fourth-order valence-electron chi connectivity index (χ4n) is 2.27. The third-order valence-electron chi connectivity index (χ3n) is 3.33.